The molecule has 3 nitrogen and oxygen atoms in total. The Morgan fingerprint density at radius 3 is 1.75 bits per heavy atom. The molecule has 0 fully saturated rings. The van der Waals surface area contributed by atoms with E-state index in [9.17, 15) is 0 Å². The predicted octanol–water partition coefficient (Wildman–Crippen LogP) is 13.1. The van der Waals surface area contributed by atoms with Crippen molar-refractivity contribution < 1.29 is 4.42 Å². The molecule has 0 radical (unpaired) electrons. The predicted molar refractivity (Wildman–Crippen MR) is 213 cm³/mol. The molecule has 0 aliphatic carbocycles. The zero-order chi connectivity index (χ0) is 33.5. The smallest absolute Gasteiger partial charge is 0.143 e. The van der Waals surface area contributed by atoms with Gasteiger partial charge in [0.25, 0.3) is 0 Å². The van der Waals surface area contributed by atoms with E-state index in [2.05, 4.69) is 163 Å². The first-order valence-electron chi connectivity index (χ1n) is 17.3. The molecule has 0 atom stereocenters. The van der Waals surface area contributed by atoms with Gasteiger partial charge in [0.1, 0.15) is 11.2 Å². The number of hydrogen-bond donors (Lipinski definition) is 0. The van der Waals surface area contributed by atoms with Crippen LogP contribution in [0.15, 0.2) is 174 Å². The van der Waals surface area contributed by atoms with Gasteiger partial charge < -0.3 is 4.42 Å². The molecule has 11 rings (SSSR count). The van der Waals surface area contributed by atoms with Gasteiger partial charge in [0.15, 0.2) is 0 Å². The van der Waals surface area contributed by atoms with Crippen molar-refractivity contribution in [3.8, 4) is 33.5 Å². The van der Waals surface area contributed by atoms with Crippen molar-refractivity contribution in [3.63, 3.8) is 0 Å². The van der Waals surface area contributed by atoms with Gasteiger partial charge in [-0.05, 0) is 85.6 Å². The van der Waals surface area contributed by atoms with Crippen molar-refractivity contribution >= 4 is 76.1 Å². The molecule has 0 aliphatic rings. The molecule has 51 heavy (non-hydrogen) atoms. The van der Waals surface area contributed by atoms with Gasteiger partial charge in [0.2, 0.25) is 0 Å². The van der Waals surface area contributed by atoms with E-state index in [-0.39, 0.29) is 0 Å². The number of furan rings is 1. The summed E-state index contributed by atoms with van der Waals surface area (Å²) >= 11 is 0. The Morgan fingerprint density at radius 1 is 0.373 bits per heavy atom. The Kier molecular flexibility index (Phi) is 5.96. The average Bonchev–Trinajstić information content (AvgIpc) is 3.58. The molecule has 8 aromatic carbocycles. The fourth-order valence-corrected chi connectivity index (χ4v) is 8.13. The van der Waals surface area contributed by atoms with Crippen molar-refractivity contribution in [2.24, 2.45) is 0 Å². The van der Waals surface area contributed by atoms with E-state index >= 15 is 0 Å². The lowest BCUT2D eigenvalue weighted by Crippen LogP contribution is -1.92. The molecule has 3 aromatic heterocycles. The third kappa shape index (κ3) is 4.25. The van der Waals surface area contributed by atoms with Crippen LogP contribution < -0.4 is 0 Å². The van der Waals surface area contributed by atoms with Crippen molar-refractivity contribution in [3.05, 3.63) is 170 Å². The summed E-state index contributed by atoms with van der Waals surface area (Å²) in [5.74, 6) is 0. The third-order valence-electron chi connectivity index (χ3n) is 10.5. The third-order valence-corrected chi connectivity index (χ3v) is 10.5. The standard InChI is InChI=1S/C48H28N2O/c1-2-13-35-29(9-1)20-23-40-41-28-34(22-25-43(41)51-48(35)40)45-38-16-5-3-14-36(38)44(37-15-4-6-17-39(37)45)33-11-7-10-32(27-33)42-24-21-31-19-18-30-12-8-26-49-46(30)47(31)50-42/h1-28H. The second-order valence-electron chi connectivity index (χ2n) is 13.3. The van der Waals surface area contributed by atoms with Crippen LogP contribution in [0.3, 0.4) is 0 Å². The molecule has 11 aromatic rings. The highest BCUT2D eigenvalue weighted by atomic mass is 16.3. The lowest BCUT2D eigenvalue weighted by Gasteiger charge is -2.18. The zero-order valence-electron chi connectivity index (χ0n) is 27.5. The van der Waals surface area contributed by atoms with E-state index in [0.29, 0.717) is 0 Å². The van der Waals surface area contributed by atoms with Gasteiger partial charge in [0, 0.05) is 38.7 Å². The first kappa shape index (κ1) is 28.0. The van der Waals surface area contributed by atoms with Gasteiger partial charge in [-0.1, -0.05) is 127 Å². The fraction of sp³-hybridized carbons (Fsp3) is 0. The highest BCUT2D eigenvalue weighted by Crippen LogP contribution is 2.45. The highest BCUT2D eigenvalue weighted by Gasteiger charge is 2.19. The van der Waals surface area contributed by atoms with Crippen LogP contribution in [-0.2, 0) is 0 Å². The summed E-state index contributed by atoms with van der Waals surface area (Å²) in [4.78, 5) is 9.86. The van der Waals surface area contributed by atoms with Gasteiger partial charge in [0.05, 0.1) is 16.7 Å². The molecule has 0 bridgehead atoms. The van der Waals surface area contributed by atoms with E-state index in [1.807, 2.05) is 12.3 Å². The Balaban J connectivity index is 1.13. The molecule has 3 heterocycles. The summed E-state index contributed by atoms with van der Waals surface area (Å²) < 4.78 is 6.49. The number of benzene rings is 8. The fourth-order valence-electron chi connectivity index (χ4n) is 8.13. The van der Waals surface area contributed by atoms with E-state index < -0.39 is 0 Å². The van der Waals surface area contributed by atoms with E-state index in [0.717, 1.165) is 66.0 Å². The second-order valence-corrected chi connectivity index (χ2v) is 13.3. The minimum atomic E-state index is 0.901. The Hall–Kier alpha value is -6.84. The molecule has 0 amide bonds. The van der Waals surface area contributed by atoms with E-state index in [1.54, 1.807) is 0 Å². The molecule has 0 unspecified atom stereocenters. The van der Waals surface area contributed by atoms with Crippen molar-refractivity contribution in [2.75, 3.05) is 0 Å². The van der Waals surface area contributed by atoms with E-state index in [1.165, 1.54) is 43.6 Å². The number of rotatable bonds is 3. The normalized spacial score (nSPS) is 11.9. The van der Waals surface area contributed by atoms with Gasteiger partial charge in [-0.3, -0.25) is 4.98 Å². The first-order valence-corrected chi connectivity index (χ1v) is 17.3. The van der Waals surface area contributed by atoms with Crippen LogP contribution >= 0.6 is 0 Å². The summed E-state index contributed by atoms with van der Waals surface area (Å²) in [7, 11) is 0. The maximum atomic E-state index is 6.49. The maximum Gasteiger partial charge on any atom is 0.143 e. The monoisotopic (exact) mass is 648 g/mol. The lowest BCUT2D eigenvalue weighted by atomic mass is 9.85. The minimum absolute atomic E-state index is 0.901. The Labute approximate surface area is 293 Å². The zero-order valence-corrected chi connectivity index (χ0v) is 27.5. The van der Waals surface area contributed by atoms with Gasteiger partial charge in [-0.15, -0.1) is 0 Å². The molecule has 0 saturated heterocycles. The van der Waals surface area contributed by atoms with Crippen LogP contribution in [0.2, 0.25) is 0 Å². The summed E-state index contributed by atoms with van der Waals surface area (Å²) in [5.41, 5.74) is 10.5. The van der Waals surface area contributed by atoms with Crippen molar-refractivity contribution in [1.29, 1.82) is 0 Å². The van der Waals surface area contributed by atoms with Crippen molar-refractivity contribution in [2.45, 2.75) is 0 Å². The Bertz CT molecular complexity index is 3150. The summed E-state index contributed by atoms with van der Waals surface area (Å²) in [6, 6.07) is 58.5. The number of fused-ring (bicyclic) bond motifs is 10. The highest BCUT2D eigenvalue weighted by molar-refractivity contribution is 6.23. The largest absolute Gasteiger partial charge is 0.455 e. The second kappa shape index (κ2) is 10.8. The molecule has 0 saturated carbocycles. The van der Waals surface area contributed by atoms with Crippen LogP contribution in [-0.4, -0.2) is 9.97 Å². The van der Waals surface area contributed by atoms with Gasteiger partial charge in [-0.2, -0.15) is 0 Å². The topological polar surface area (TPSA) is 38.9 Å². The van der Waals surface area contributed by atoms with Crippen LogP contribution in [0.5, 0.6) is 0 Å². The molecule has 0 aliphatic heterocycles. The van der Waals surface area contributed by atoms with Crippen LogP contribution in [0.1, 0.15) is 0 Å². The quantitative estimate of drug-likeness (QED) is 0.141. The summed E-state index contributed by atoms with van der Waals surface area (Å²) in [6.07, 6.45) is 1.84. The molecule has 3 heteroatoms. The molecular weight excluding hydrogens is 621 g/mol. The number of nitrogens with zero attached hydrogens (tertiary/aromatic N) is 2. The van der Waals surface area contributed by atoms with Crippen LogP contribution in [0, 0.1) is 0 Å². The minimum Gasteiger partial charge on any atom is -0.455 e. The average molecular weight is 649 g/mol. The molecule has 0 spiro atoms. The number of pyridine rings is 2. The Morgan fingerprint density at radius 2 is 0.980 bits per heavy atom. The number of aromatic nitrogens is 2. The van der Waals surface area contributed by atoms with Crippen LogP contribution in [0.4, 0.5) is 0 Å². The lowest BCUT2D eigenvalue weighted by molar-refractivity contribution is 0.672. The maximum absolute atomic E-state index is 6.49. The summed E-state index contributed by atoms with van der Waals surface area (Å²) in [6.45, 7) is 0. The summed E-state index contributed by atoms with van der Waals surface area (Å²) in [5, 5.41) is 11.6. The van der Waals surface area contributed by atoms with Crippen LogP contribution in [0.25, 0.3) is 110 Å². The van der Waals surface area contributed by atoms with Crippen molar-refractivity contribution in [1.82, 2.24) is 9.97 Å². The van der Waals surface area contributed by atoms with E-state index in [4.69, 9.17) is 9.40 Å². The van der Waals surface area contributed by atoms with Gasteiger partial charge in [-0.25, -0.2) is 4.98 Å². The SMILES string of the molecule is c1cc(-c2ccc3ccc4cccnc4c3n2)cc(-c2c3ccccc3c(-c3ccc4oc5c6ccccc6ccc5c4c3)c3ccccc23)c1. The molecule has 0 N–H and O–H groups in total. The number of hydrogen-bond acceptors (Lipinski definition) is 3. The molecule has 236 valence electrons. The van der Waals surface area contributed by atoms with Gasteiger partial charge >= 0.3 is 0 Å². The molecular formula is C48H28N2O. The first-order chi connectivity index (χ1) is 25.3.